The SMILES string of the molecule is CC(C)c1nc([As](C)S(C)(=O)=O)nc(-c2ccc(F)cc2)c1C=C[C@@H](O)C[C@@H](O)CC(=O)O.[Ca+2].[H-].[H-]. The number of carboxylic acid groups (broad SMARTS) is 1. The van der Waals surface area contributed by atoms with Crippen LogP contribution in [0.1, 0.15) is 46.7 Å². The predicted molar refractivity (Wildman–Crippen MR) is 134 cm³/mol. The molecular formula is C22H30AsCaFN2O6S. The molecule has 184 valence electrons. The fourth-order valence-corrected chi connectivity index (χ4v) is 6.66. The number of aliphatic carboxylic acids is 1. The van der Waals surface area contributed by atoms with E-state index in [4.69, 9.17) is 5.11 Å². The zero-order valence-electron chi connectivity index (χ0n) is 21.5. The van der Waals surface area contributed by atoms with Crippen LogP contribution in [0.4, 0.5) is 4.39 Å². The molecule has 8 nitrogen and oxygen atoms in total. The number of carbonyl (C=O) groups is 1. The van der Waals surface area contributed by atoms with Gasteiger partial charge in [0.15, 0.2) is 0 Å². The summed E-state index contributed by atoms with van der Waals surface area (Å²) in [4.78, 5) is 19.8. The summed E-state index contributed by atoms with van der Waals surface area (Å²) in [5.74, 6) is -1.73. The van der Waals surface area contributed by atoms with E-state index >= 15 is 0 Å². The van der Waals surface area contributed by atoms with Crippen LogP contribution in [0, 0.1) is 5.82 Å². The topological polar surface area (TPSA) is 138 Å². The minimum atomic E-state index is -3.34. The molecule has 0 aliphatic heterocycles. The van der Waals surface area contributed by atoms with Crippen LogP contribution in [0.5, 0.6) is 0 Å². The molecule has 0 aliphatic carbocycles. The van der Waals surface area contributed by atoms with E-state index in [0.717, 1.165) is 6.26 Å². The van der Waals surface area contributed by atoms with Gasteiger partial charge < -0.3 is 2.85 Å². The second kappa shape index (κ2) is 13.4. The van der Waals surface area contributed by atoms with Crippen molar-refractivity contribution in [1.29, 1.82) is 0 Å². The number of halogens is 1. The van der Waals surface area contributed by atoms with Gasteiger partial charge in [-0.1, -0.05) is 0 Å². The first-order valence-electron chi connectivity index (χ1n) is 10.2. The number of hydrogen-bond acceptors (Lipinski definition) is 7. The van der Waals surface area contributed by atoms with Crippen molar-refractivity contribution in [1.82, 2.24) is 9.97 Å². The van der Waals surface area contributed by atoms with E-state index < -0.39 is 52.0 Å². The molecule has 0 radical (unpaired) electrons. The molecule has 0 bridgehead atoms. The van der Waals surface area contributed by atoms with Crippen molar-refractivity contribution in [2.45, 2.75) is 50.5 Å². The van der Waals surface area contributed by atoms with Crippen molar-refractivity contribution in [3.63, 3.8) is 0 Å². The molecule has 2 rings (SSSR count). The number of aliphatic hydroxyl groups excluding tert-OH is 2. The number of rotatable bonds is 10. The van der Waals surface area contributed by atoms with Crippen LogP contribution < -0.4 is 4.61 Å². The maximum absolute atomic E-state index is 13.5. The monoisotopic (exact) mass is 584 g/mol. The van der Waals surface area contributed by atoms with E-state index in [2.05, 4.69) is 9.97 Å². The van der Waals surface area contributed by atoms with Crippen LogP contribution in [0.3, 0.4) is 0 Å². The van der Waals surface area contributed by atoms with Crippen LogP contribution in [0.25, 0.3) is 17.3 Å². The maximum atomic E-state index is 13.5. The van der Waals surface area contributed by atoms with E-state index in [9.17, 15) is 27.8 Å². The summed E-state index contributed by atoms with van der Waals surface area (Å²) < 4.78 is 38.2. The number of hydrogen-bond donors (Lipinski definition) is 3. The van der Waals surface area contributed by atoms with Gasteiger partial charge in [-0.3, -0.25) is 0 Å². The van der Waals surface area contributed by atoms with Crippen molar-refractivity contribution in [3.05, 3.63) is 47.4 Å². The molecular weight excluding hydrogens is 554 g/mol. The zero-order valence-corrected chi connectivity index (χ0v) is 24.4. The van der Waals surface area contributed by atoms with Crippen LogP contribution in [0.2, 0.25) is 5.71 Å². The Labute approximate surface area is 235 Å². The third kappa shape index (κ3) is 8.97. The second-order valence-electron chi connectivity index (χ2n) is 7.98. The number of carboxylic acids is 1. The molecule has 0 aliphatic rings. The molecule has 0 amide bonds. The molecule has 34 heavy (non-hydrogen) atoms. The summed E-state index contributed by atoms with van der Waals surface area (Å²) in [5.41, 5.74) is 3.70. The molecule has 0 fully saturated rings. The molecule has 1 heterocycles. The zero-order chi connectivity index (χ0) is 24.9. The van der Waals surface area contributed by atoms with Crippen molar-refractivity contribution < 1.29 is 35.8 Å². The number of aromatic nitrogens is 2. The Hall–Kier alpha value is -0.872. The molecule has 3 N–H and O–H groups in total. The van der Waals surface area contributed by atoms with Gasteiger partial charge >= 0.3 is 234 Å². The van der Waals surface area contributed by atoms with Gasteiger partial charge in [0.05, 0.1) is 0 Å². The Morgan fingerprint density at radius 2 is 1.79 bits per heavy atom. The van der Waals surface area contributed by atoms with Crippen LogP contribution >= 0.6 is 0 Å². The molecule has 0 saturated carbocycles. The molecule has 12 heteroatoms. The first-order valence-corrected chi connectivity index (χ1v) is 17.1. The van der Waals surface area contributed by atoms with Gasteiger partial charge in [0.1, 0.15) is 0 Å². The van der Waals surface area contributed by atoms with Gasteiger partial charge in [-0.25, -0.2) is 0 Å². The van der Waals surface area contributed by atoms with E-state index in [1.54, 1.807) is 11.8 Å². The molecule has 1 unspecified atom stereocenters. The summed E-state index contributed by atoms with van der Waals surface area (Å²) in [6, 6.07) is 5.61. The minimum absolute atomic E-state index is 0. The summed E-state index contributed by atoms with van der Waals surface area (Å²) in [5, 5.41) is 28.8. The number of nitrogens with zero attached hydrogens (tertiary/aromatic N) is 2. The van der Waals surface area contributed by atoms with E-state index in [1.165, 1.54) is 30.3 Å². The molecule has 1 aromatic carbocycles. The second-order valence-corrected chi connectivity index (χ2v) is 19.4. The Bertz CT molecular complexity index is 1140. The number of aliphatic hydroxyl groups is 2. The van der Waals surface area contributed by atoms with Crippen molar-refractivity contribution >= 4 is 76.0 Å². The number of benzene rings is 1. The smallest absolute Gasteiger partial charge is 1.00 e. The summed E-state index contributed by atoms with van der Waals surface area (Å²) in [6.07, 6.45) is 1.12. The van der Waals surface area contributed by atoms with E-state index in [0.29, 0.717) is 22.5 Å². The molecule has 0 saturated heterocycles. The Morgan fingerprint density at radius 1 is 1.21 bits per heavy atom. The van der Waals surface area contributed by atoms with Crippen LogP contribution in [-0.2, 0) is 12.9 Å². The third-order valence-corrected chi connectivity index (χ3v) is 14.5. The summed E-state index contributed by atoms with van der Waals surface area (Å²) in [7, 11) is -3.34. The van der Waals surface area contributed by atoms with Gasteiger partial charge in [0, 0.05) is 0 Å². The minimum Gasteiger partial charge on any atom is -1.00 e. The summed E-state index contributed by atoms with van der Waals surface area (Å²) >= 11 is -2.64. The van der Waals surface area contributed by atoms with Crippen molar-refractivity contribution in [2.24, 2.45) is 0 Å². The average molecular weight is 585 g/mol. The van der Waals surface area contributed by atoms with Crippen LogP contribution in [0.15, 0.2) is 30.3 Å². The average Bonchev–Trinajstić information content (AvgIpc) is 2.70. The quantitative estimate of drug-likeness (QED) is 0.359. The fraction of sp³-hybridized carbons (Fsp3) is 0.409. The first kappa shape index (κ1) is 31.2. The van der Waals surface area contributed by atoms with Crippen molar-refractivity contribution in [2.75, 3.05) is 6.26 Å². The Balaban J connectivity index is 0. The molecule has 0 spiro atoms. The van der Waals surface area contributed by atoms with E-state index in [-0.39, 0.29) is 57.5 Å². The molecule has 3 atom stereocenters. The fourth-order valence-electron chi connectivity index (χ4n) is 3.05. The van der Waals surface area contributed by atoms with Crippen LogP contribution in [-0.4, -0.2) is 109 Å². The Morgan fingerprint density at radius 3 is 2.29 bits per heavy atom. The predicted octanol–water partition coefficient (Wildman–Crippen LogP) is 1.72. The summed E-state index contributed by atoms with van der Waals surface area (Å²) in [6.45, 7) is 3.77. The van der Waals surface area contributed by atoms with Crippen molar-refractivity contribution in [3.8, 4) is 11.3 Å². The third-order valence-electron chi connectivity index (χ3n) is 4.82. The van der Waals surface area contributed by atoms with Gasteiger partial charge in [0.2, 0.25) is 0 Å². The molecule has 2 aromatic rings. The van der Waals surface area contributed by atoms with Gasteiger partial charge in [-0.15, -0.1) is 0 Å². The Kier molecular flexibility index (Phi) is 12.3. The van der Waals surface area contributed by atoms with Gasteiger partial charge in [0.25, 0.3) is 0 Å². The van der Waals surface area contributed by atoms with Gasteiger partial charge in [-0.2, -0.15) is 0 Å². The van der Waals surface area contributed by atoms with E-state index in [1.807, 2.05) is 13.8 Å². The normalized spacial score (nSPS) is 14.6. The van der Waals surface area contributed by atoms with Gasteiger partial charge in [-0.05, 0) is 0 Å². The first-order chi connectivity index (χ1) is 15.3. The molecule has 1 aromatic heterocycles. The standard InChI is InChI=1S/C22H28AsFN2O6S.Ca.2H/c1-13(2)20-18(10-9-16(27)11-17(28)12-19(29)30)21(14-5-7-15(24)8-6-14)26-22(25-20)23(3)33(4,31)32;;;/h5-10,13,16-17,27-28H,11-12H2,1-4H3,(H,29,30);;;/q;+2;2*-1/t16-,17-,23?;;;/m1.../s1.